The summed E-state index contributed by atoms with van der Waals surface area (Å²) in [7, 11) is -3.82. The first kappa shape index (κ1) is 22.2. The maximum Gasteiger partial charge on any atom is 0.269 e. The lowest BCUT2D eigenvalue weighted by atomic mass is 10.1. The fourth-order valence-corrected chi connectivity index (χ4v) is 2.65. The van der Waals surface area contributed by atoms with E-state index in [1.165, 1.54) is 0 Å². The second-order valence-electron chi connectivity index (χ2n) is 5.53. The number of halogens is 1. The smallest absolute Gasteiger partial charge is 0.269 e. The predicted molar refractivity (Wildman–Crippen MR) is 91.4 cm³/mol. The van der Waals surface area contributed by atoms with Gasteiger partial charge in [0.15, 0.2) is 0 Å². The molecule has 0 aliphatic carbocycles. The molecule has 136 valence electrons. The number of hydrogen-bond donors (Lipinski definition) is 3. The van der Waals surface area contributed by atoms with E-state index in [0.29, 0.717) is 0 Å². The van der Waals surface area contributed by atoms with Crippen molar-refractivity contribution in [2.45, 2.75) is 30.7 Å². The molecule has 24 heavy (non-hydrogen) atoms. The van der Waals surface area contributed by atoms with Crippen LogP contribution in [0, 0.1) is 10.1 Å². The van der Waals surface area contributed by atoms with Gasteiger partial charge in [-0.05, 0) is 26.0 Å². The fourth-order valence-electron chi connectivity index (χ4n) is 1.62. The molecule has 1 aromatic carbocycles. The first-order chi connectivity index (χ1) is 10.6. The summed E-state index contributed by atoms with van der Waals surface area (Å²) < 4.78 is 26.3. The Morgan fingerprint density at radius 3 is 2.29 bits per heavy atom. The Morgan fingerprint density at radius 2 is 1.83 bits per heavy atom. The maximum atomic E-state index is 12.0. The van der Waals surface area contributed by atoms with Gasteiger partial charge < -0.3 is 11.1 Å². The van der Waals surface area contributed by atoms with Gasteiger partial charge in [-0.3, -0.25) is 14.9 Å². The molecule has 0 heterocycles. The van der Waals surface area contributed by atoms with Gasteiger partial charge in [0.25, 0.3) is 5.69 Å². The van der Waals surface area contributed by atoms with Crippen molar-refractivity contribution in [2.75, 3.05) is 13.1 Å². The third-order valence-corrected chi connectivity index (χ3v) is 4.47. The number of non-ortho nitro benzene ring substituents is 1. The molecule has 0 saturated heterocycles. The summed E-state index contributed by atoms with van der Waals surface area (Å²) in [5.74, 6) is -0.327. The molecule has 1 aromatic rings. The number of nitro groups is 1. The van der Waals surface area contributed by atoms with E-state index in [2.05, 4.69) is 10.0 Å². The summed E-state index contributed by atoms with van der Waals surface area (Å²) in [6.07, 6.45) is -0.0460. The molecule has 1 rings (SSSR count). The predicted octanol–water partition coefficient (Wildman–Crippen LogP) is 0.539. The highest BCUT2D eigenvalue weighted by atomic mass is 35.5. The van der Waals surface area contributed by atoms with Crippen LogP contribution in [-0.2, 0) is 14.8 Å². The Labute approximate surface area is 146 Å². The number of hydrogen-bond acceptors (Lipinski definition) is 6. The van der Waals surface area contributed by atoms with Crippen LogP contribution in [0.1, 0.15) is 20.3 Å². The Morgan fingerprint density at radius 1 is 1.29 bits per heavy atom. The van der Waals surface area contributed by atoms with E-state index >= 15 is 0 Å². The van der Waals surface area contributed by atoms with Gasteiger partial charge in [-0.15, -0.1) is 12.4 Å². The fraction of sp³-hybridized carbons (Fsp3) is 0.462. The minimum atomic E-state index is -3.82. The highest BCUT2D eigenvalue weighted by Crippen LogP contribution is 2.15. The molecule has 11 heteroatoms. The number of nitro benzene ring substituents is 1. The van der Waals surface area contributed by atoms with Crippen molar-refractivity contribution < 1.29 is 18.1 Å². The van der Waals surface area contributed by atoms with Crippen LogP contribution in [-0.4, -0.2) is 37.9 Å². The van der Waals surface area contributed by atoms with Gasteiger partial charge in [0.2, 0.25) is 15.9 Å². The average molecular weight is 381 g/mol. The van der Waals surface area contributed by atoms with Gasteiger partial charge in [-0.2, -0.15) is 0 Å². The van der Waals surface area contributed by atoms with Gasteiger partial charge in [0.05, 0.1) is 9.82 Å². The van der Waals surface area contributed by atoms with Crippen LogP contribution in [0.4, 0.5) is 5.69 Å². The standard InChI is InChI=1S/C13H20N4O5S.ClH/c1-13(2,9-14)16-12(18)7-8-15-23(21,22)11-5-3-10(4-6-11)17(19)20;/h3-6,15H,7-9,14H2,1-2H3,(H,16,18);1H. The zero-order valence-corrected chi connectivity index (χ0v) is 14.9. The largest absolute Gasteiger partial charge is 0.350 e. The summed E-state index contributed by atoms with van der Waals surface area (Å²) in [5, 5.41) is 13.2. The molecule has 0 radical (unpaired) electrons. The quantitative estimate of drug-likeness (QED) is 0.443. The number of amides is 1. The normalized spacial score (nSPS) is 11.5. The molecule has 0 unspecified atom stereocenters. The van der Waals surface area contributed by atoms with Crippen LogP contribution in [0.25, 0.3) is 0 Å². The van der Waals surface area contributed by atoms with E-state index in [4.69, 9.17) is 5.73 Å². The van der Waals surface area contributed by atoms with Gasteiger partial charge >= 0.3 is 0 Å². The summed E-state index contributed by atoms with van der Waals surface area (Å²) in [6.45, 7) is 3.68. The zero-order chi connectivity index (χ0) is 17.7. The molecule has 0 spiro atoms. The second-order valence-corrected chi connectivity index (χ2v) is 7.30. The lowest BCUT2D eigenvalue weighted by molar-refractivity contribution is -0.384. The van der Waals surface area contributed by atoms with Crippen molar-refractivity contribution in [1.29, 1.82) is 0 Å². The van der Waals surface area contributed by atoms with Gasteiger partial charge in [0.1, 0.15) is 0 Å². The van der Waals surface area contributed by atoms with E-state index in [0.717, 1.165) is 24.3 Å². The van der Waals surface area contributed by atoms with Crippen molar-refractivity contribution >= 4 is 34.0 Å². The molecule has 9 nitrogen and oxygen atoms in total. The van der Waals surface area contributed by atoms with Crippen LogP contribution >= 0.6 is 12.4 Å². The van der Waals surface area contributed by atoms with E-state index in [1.54, 1.807) is 13.8 Å². The first-order valence-corrected chi connectivity index (χ1v) is 8.31. The molecule has 1 amide bonds. The Balaban J connectivity index is 0.00000529. The zero-order valence-electron chi connectivity index (χ0n) is 13.3. The van der Waals surface area contributed by atoms with Gasteiger partial charge in [0, 0.05) is 37.2 Å². The SMILES string of the molecule is CC(C)(CN)NC(=O)CCNS(=O)(=O)c1ccc([N+](=O)[O-])cc1.Cl. The number of nitrogens with one attached hydrogen (secondary N) is 2. The lowest BCUT2D eigenvalue weighted by Gasteiger charge is -2.24. The summed E-state index contributed by atoms with van der Waals surface area (Å²) in [4.78, 5) is 21.5. The summed E-state index contributed by atoms with van der Waals surface area (Å²) >= 11 is 0. The first-order valence-electron chi connectivity index (χ1n) is 6.82. The summed E-state index contributed by atoms with van der Waals surface area (Å²) in [6, 6.07) is 4.48. The maximum absolute atomic E-state index is 12.0. The number of carbonyl (C=O) groups excluding carboxylic acids is 1. The molecule has 4 N–H and O–H groups in total. The van der Waals surface area contributed by atoms with E-state index in [1.807, 2.05) is 0 Å². The average Bonchev–Trinajstić information content (AvgIpc) is 2.46. The van der Waals surface area contributed by atoms with Crippen molar-refractivity contribution in [2.24, 2.45) is 5.73 Å². The third-order valence-electron chi connectivity index (χ3n) is 2.99. The second kappa shape index (κ2) is 8.92. The minimum Gasteiger partial charge on any atom is -0.350 e. The van der Waals surface area contributed by atoms with Crippen LogP contribution in [0.15, 0.2) is 29.2 Å². The van der Waals surface area contributed by atoms with Crippen LogP contribution < -0.4 is 15.8 Å². The number of sulfonamides is 1. The van der Waals surface area contributed by atoms with E-state index < -0.39 is 20.5 Å². The molecule has 0 aliphatic rings. The Kier molecular flexibility index (Phi) is 8.27. The molecular weight excluding hydrogens is 360 g/mol. The number of nitrogens with zero attached hydrogens (tertiary/aromatic N) is 1. The molecule has 0 aliphatic heterocycles. The third kappa shape index (κ3) is 6.79. The van der Waals surface area contributed by atoms with Crippen molar-refractivity contribution in [3.63, 3.8) is 0 Å². The van der Waals surface area contributed by atoms with E-state index in [-0.39, 0.29) is 48.4 Å². The molecule has 0 bridgehead atoms. The highest BCUT2D eigenvalue weighted by Gasteiger charge is 2.19. The van der Waals surface area contributed by atoms with Crippen LogP contribution in [0.5, 0.6) is 0 Å². The number of rotatable bonds is 8. The molecule has 0 fully saturated rings. The number of benzene rings is 1. The monoisotopic (exact) mass is 380 g/mol. The molecular formula is C13H21ClN4O5S. The Hall–Kier alpha value is -1.75. The topological polar surface area (TPSA) is 144 Å². The van der Waals surface area contributed by atoms with Crippen molar-refractivity contribution in [3.05, 3.63) is 34.4 Å². The minimum absolute atomic E-state index is 0. The molecule has 0 saturated carbocycles. The van der Waals surface area contributed by atoms with Gasteiger partial charge in [-0.25, -0.2) is 13.1 Å². The number of nitrogens with two attached hydrogens (primary N) is 1. The van der Waals surface area contributed by atoms with Gasteiger partial charge in [-0.1, -0.05) is 0 Å². The van der Waals surface area contributed by atoms with Crippen LogP contribution in [0.2, 0.25) is 0 Å². The highest BCUT2D eigenvalue weighted by molar-refractivity contribution is 7.89. The Bertz CT molecular complexity index is 676. The molecule has 0 aromatic heterocycles. The van der Waals surface area contributed by atoms with E-state index in [9.17, 15) is 23.3 Å². The lowest BCUT2D eigenvalue weighted by Crippen LogP contribution is -2.49. The van der Waals surface area contributed by atoms with Crippen LogP contribution in [0.3, 0.4) is 0 Å². The summed E-state index contributed by atoms with van der Waals surface area (Å²) in [5.41, 5.74) is 4.73. The van der Waals surface area contributed by atoms with Crippen molar-refractivity contribution in [3.8, 4) is 0 Å². The molecule has 0 atom stereocenters. The van der Waals surface area contributed by atoms with Crippen molar-refractivity contribution in [1.82, 2.24) is 10.0 Å². The number of carbonyl (C=O) groups is 1.